The van der Waals surface area contributed by atoms with Crippen LogP contribution in [0.4, 0.5) is 0 Å². The van der Waals surface area contributed by atoms with E-state index in [1.54, 1.807) is 6.92 Å². The fourth-order valence-corrected chi connectivity index (χ4v) is 1.07. The molecule has 0 fully saturated rings. The van der Waals surface area contributed by atoms with E-state index >= 15 is 0 Å². The number of aliphatic hydroxyl groups excluding tert-OH is 2. The molecule has 3 unspecified atom stereocenters. The van der Waals surface area contributed by atoms with Gasteiger partial charge in [-0.1, -0.05) is 6.92 Å². The summed E-state index contributed by atoms with van der Waals surface area (Å²) in [5.41, 5.74) is -1.18. The van der Waals surface area contributed by atoms with Crippen LogP contribution in [0.2, 0.25) is 0 Å². The summed E-state index contributed by atoms with van der Waals surface area (Å²) in [4.78, 5) is 0. The topological polar surface area (TPSA) is 60.7 Å². The first-order valence-electron chi connectivity index (χ1n) is 3.98. The zero-order valence-corrected chi connectivity index (χ0v) is 7.41. The van der Waals surface area contributed by atoms with Crippen LogP contribution in [0.1, 0.15) is 27.2 Å². The third-order valence-corrected chi connectivity index (χ3v) is 2.39. The van der Waals surface area contributed by atoms with Crippen molar-refractivity contribution in [3.05, 3.63) is 0 Å². The maximum atomic E-state index is 9.64. The van der Waals surface area contributed by atoms with E-state index in [1.807, 2.05) is 6.92 Å². The van der Waals surface area contributed by atoms with Crippen molar-refractivity contribution in [1.82, 2.24) is 0 Å². The van der Waals surface area contributed by atoms with E-state index in [9.17, 15) is 5.11 Å². The van der Waals surface area contributed by atoms with Crippen LogP contribution >= 0.6 is 0 Å². The minimum absolute atomic E-state index is 0.0889. The lowest BCUT2D eigenvalue weighted by Gasteiger charge is -2.33. The van der Waals surface area contributed by atoms with Gasteiger partial charge in [0, 0.05) is 12.5 Å². The van der Waals surface area contributed by atoms with Crippen molar-refractivity contribution < 1.29 is 15.3 Å². The number of aliphatic hydroxyl groups is 3. The summed E-state index contributed by atoms with van der Waals surface area (Å²) in [5, 5.41) is 27.6. The van der Waals surface area contributed by atoms with Crippen molar-refractivity contribution in [2.75, 3.05) is 6.61 Å². The maximum Gasteiger partial charge on any atom is 0.0924 e. The molecule has 11 heavy (non-hydrogen) atoms. The highest BCUT2D eigenvalue weighted by Gasteiger charge is 2.34. The lowest BCUT2D eigenvalue weighted by molar-refractivity contribution is -0.105. The van der Waals surface area contributed by atoms with Crippen LogP contribution < -0.4 is 0 Å². The van der Waals surface area contributed by atoms with Gasteiger partial charge >= 0.3 is 0 Å². The highest BCUT2D eigenvalue weighted by molar-refractivity contribution is 4.85. The molecule has 0 bridgehead atoms. The van der Waals surface area contributed by atoms with E-state index in [1.165, 1.54) is 6.92 Å². The summed E-state index contributed by atoms with van der Waals surface area (Å²) in [6, 6.07) is 0. The van der Waals surface area contributed by atoms with Gasteiger partial charge in [-0.15, -0.1) is 0 Å². The first-order valence-corrected chi connectivity index (χ1v) is 3.98. The zero-order valence-electron chi connectivity index (χ0n) is 7.41. The smallest absolute Gasteiger partial charge is 0.0924 e. The minimum atomic E-state index is -1.18. The second-order valence-electron chi connectivity index (χ2n) is 3.19. The first kappa shape index (κ1) is 10.9. The molecule has 0 saturated heterocycles. The molecule has 0 spiro atoms. The Balaban J connectivity index is 4.24. The van der Waals surface area contributed by atoms with Gasteiger partial charge in [-0.05, 0) is 20.3 Å². The summed E-state index contributed by atoms with van der Waals surface area (Å²) in [6.45, 7) is 4.85. The molecule has 0 aromatic heterocycles. The quantitative estimate of drug-likeness (QED) is 0.551. The van der Waals surface area contributed by atoms with Crippen LogP contribution in [-0.4, -0.2) is 33.6 Å². The standard InChI is InChI=1S/C8H18O3/c1-4-7(5-9)8(3,11)6(2)10/h6-7,9-11H,4-5H2,1-3H3. The highest BCUT2D eigenvalue weighted by atomic mass is 16.3. The maximum absolute atomic E-state index is 9.64. The summed E-state index contributed by atoms with van der Waals surface area (Å²) < 4.78 is 0. The molecular formula is C8H18O3. The Kier molecular flexibility index (Phi) is 4.00. The molecule has 0 radical (unpaired) electrons. The molecule has 68 valence electrons. The molecule has 0 aliphatic carbocycles. The van der Waals surface area contributed by atoms with Gasteiger partial charge in [0.05, 0.1) is 11.7 Å². The Hall–Kier alpha value is -0.120. The van der Waals surface area contributed by atoms with E-state index in [4.69, 9.17) is 10.2 Å². The monoisotopic (exact) mass is 162 g/mol. The van der Waals surface area contributed by atoms with E-state index in [2.05, 4.69) is 0 Å². The molecule has 0 aliphatic rings. The minimum Gasteiger partial charge on any atom is -0.396 e. The van der Waals surface area contributed by atoms with Crippen molar-refractivity contribution in [2.24, 2.45) is 5.92 Å². The summed E-state index contributed by atoms with van der Waals surface area (Å²) in [7, 11) is 0. The van der Waals surface area contributed by atoms with Crippen LogP contribution in [0, 0.1) is 5.92 Å². The Bertz CT molecular complexity index is 106. The van der Waals surface area contributed by atoms with Gasteiger partial charge in [0.1, 0.15) is 0 Å². The predicted octanol–water partition coefficient (Wildman–Crippen LogP) is 0.137. The fourth-order valence-electron chi connectivity index (χ4n) is 1.07. The average Bonchev–Trinajstić information content (AvgIpc) is 1.89. The van der Waals surface area contributed by atoms with Gasteiger partial charge in [-0.25, -0.2) is 0 Å². The molecule has 0 heterocycles. The van der Waals surface area contributed by atoms with Crippen LogP contribution in [0.5, 0.6) is 0 Å². The first-order chi connectivity index (χ1) is 4.96. The van der Waals surface area contributed by atoms with Gasteiger partial charge in [0.25, 0.3) is 0 Å². The summed E-state index contributed by atoms with van der Waals surface area (Å²) >= 11 is 0. The van der Waals surface area contributed by atoms with E-state index in [-0.39, 0.29) is 12.5 Å². The molecule has 0 saturated carbocycles. The Labute approximate surface area is 67.7 Å². The lowest BCUT2D eigenvalue weighted by atomic mass is 9.84. The molecule has 0 aromatic carbocycles. The Morgan fingerprint density at radius 2 is 1.91 bits per heavy atom. The SMILES string of the molecule is CCC(CO)C(C)(O)C(C)O. The third-order valence-electron chi connectivity index (χ3n) is 2.39. The predicted molar refractivity (Wildman–Crippen MR) is 43.2 cm³/mol. The zero-order chi connectivity index (χ0) is 9.07. The third kappa shape index (κ3) is 2.43. The number of hydrogen-bond donors (Lipinski definition) is 3. The van der Waals surface area contributed by atoms with Crippen molar-refractivity contribution in [3.63, 3.8) is 0 Å². The number of hydrogen-bond acceptors (Lipinski definition) is 3. The van der Waals surface area contributed by atoms with Gasteiger partial charge in [0.2, 0.25) is 0 Å². The van der Waals surface area contributed by atoms with Gasteiger partial charge in [0.15, 0.2) is 0 Å². The molecule has 0 amide bonds. The Morgan fingerprint density at radius 1 is 1.45 bits per heavy atom. The van der Waals surface area contributed by atoms with Crippen LogP contribution in [0.3, 0.4) is 0 Å². The molecule has 3 atom stereocenters. The summed E-state index contributed by atoms with van der Waals surface area (Å²) in [5.74, 6) is -0.248. The van der Waals surface area contributed by atoms with Gasteiger partial charge in [-0.3, -0.25) is 0 Å². The molecule has 3 N–H and O–H groups in total. The second-order valence-corrected chi connectivity index (χ2v) is 3.19. The van der Waals surface area contributed by atoms with Crippen LogP contribution in [0.15, 0.2) is 0 Å². The molecule has 3 heteroatoms. The van der Waals surface area contributed by atoms with E-state index < -0.39 is 11.7 Å². The molecular weight excluding hydrogens is 144 g/mol. The molecule has 3 nitrogen and oxygen atoms in total. The van der Waals surface area contributed by atoms with Gasteiger partial charge < -0.3 is 15.3 Å². The average molecular weight is 162 g/mol. The lowest BCUT2D eigenvalue weighted by Crippen LogP contribution is -2.45. The molecule has 0 rings (SSSR count). The van der Waals surface area contributed by atoms with Crippen molar-refractivity contribution in [2.45, 2.75) is 38.9 Å². The largest absolute Gasteiger partial charge is 0.396 e. The highest BCUT2D eigenvalue weighted by Crippen LogP contribution is 2.23. The van der Waals surface area contributed by atoms with Crippen LogP contribution in [0.25, 0.3) is 0 Å². The normalized spacial score (nSPS) is 22.4. The fraction of sp³-hybridized carbons (Fsp3) is 1.00. The Morgan fingerprint density at radius 3 is 2.00 bits per heavy atom. The molecule has 0 aliphatic heterocycles. The van der Waals surface area contributed by atoms with Crippen LogP contribution in [-0.2, 0) is 0 Å². The van der Waals surface area contributed by atoms with Crippen molar-refractivity contribution >= 4 is 0 Å². The summed E-state index contributed by atoms with van der Waals surface area (Å²) in [6.07, 6.45) is -0.145. The van der Waals surface area contributed by atoms with Crippen molar-refractivity contribution in [3.8, 4) is 0 Å². The van der Waals surface area contributed by atoms with Gasteiger partial charge in [-0.2, -0.15) is 0 Å². The van der Waals surface area contributed by atoms with E-state index in [0.717, 1.165) is 0 Å². The van der Waals surface area contributed by atoms with E-state index in [0.29, 0.717) is 6.42 Å². The second kappa shape index (κ2) is 4.04. The molecule has 0 aromatic rings. The van der Waals surface area contributed by atoms with Crippen molar-refractivity contribution in [1.29, 1.82) is 0 Å². The number of rotatable bonds is 4.